The van der Waals surface area contributed by atoms with Crippen molar-refractivity contribution in [3.63, 3.8) is 0 Å². The van der Waals surface area contributed by atoms with Gasteiger partial charge in [0.15, 0.2) is 0 Å². The quantitative estimate of drug-likeness (QED) is 0.858. The van der Waals surface area contributed by atoms with Crippen molar-refractivity contribution in [2.75, 3.05) is 19.3 Å². The standard InChI is InChI=1S/C17H28N2O/c1-11(2)20-17-10-15(12(3)8-16(17)18)14-6-7-19(5)13(4)9-14/h8,10-11,13-14H,6-7,9,18H2,1-5H3. The van der Waals surface area contributed by atoms with Crippen LogP contribution in [0.25, 0.3) is 0 Å². The van der Waals surface area contributed by atoms with Crippen LogP contribution in [0.2, 0.25) is 0 Å². The molecule has 1 heterocycles. The third-order valence-corrected chi connectivity index (χ3v) is 4.41. The van der Waals surface area contributed by atoms with Gasteiger partial charge in [-0.3, -0.25) is 0 Å². The van der Waals surface area contributed by atoms with Gasteiger partial charge in [0.1, 0.15) is 5.75 Å². The zero-order valence-electron chi connectivity index (χ0n) is 13.4. The molecule has 0 saturated carbocycles. The fraction of sp³-hybridized carbons (Fsp3) is 0.647. The molecule has 1 aliphatic heterocycles. The molecular formula is C17H28N2O. The number of anilines is 1. The molecule has 2 atom stereocenters. The predicted octanol–water partition coefficient (Wildman–Crippen LogP) is 3.56. The van der Waals surface area contributed by atoms with Crippen molar-refractivity contribution in [1.82, 2.24) is 4.90 Å². The Morgan fingerprint density at radius 2 is 2.05 bits per heavy atom. The third-order valence-electron chi connectivity index (χ3n) is 4.41. The van der Waals surface area contributed by atoms with E-state index < -0.39 is 0 Å². The van der Waals surface area contributed by atoms with Gasteiger partial charge in [-0.1, -0.05) is 0 Å². The molecule has 1 aromatic carbocycles. The van der Waals surface area contributed by atoms with E-state index in [1.54, 1.807) is 0 Å². The number of nitrogens with two attached hydrogens (primary N) is 1. The molecule has 1 fully saturated rings. The molecule has 2 unspecified atom stereocenters. The van der Waals surface area contributed by atoms with Crippen LogP contribution in [-0.2, 0) is 0 Å². The van der Waals surface area contributed by atoms with Gasteiger partial charge in [-0.05, 0) is 83.3 Å². The van der Waals surface area contributed by atoms with E-state index >= 15 is 0 Å². The minimum absolute atomic E-state index is 0.157. The Hall–Kier alpha value is -1.22. The largest absolute Gasteiger partial charge is 0.489 e. The highest BCUT2D eigenvalue weighted by atomic mass is 16.5. The molecule has 2 N–H and O–H groups in total. The topological polar surface area (TPSA) is 38.5 Å². The molecule has 0 aliphatic carbocycles. The van der Waals surface area contributed by atoms with Crippen molar-refractivity contribution in [3.05, 3.63) is 23.3 Å². The Bertz CT molecular complexity index is 470. The number of hydrogen-bond acceptors (Lipinski definition) is 3. The number of benzene rings is 1. The zero-order chi connectivity index (χ0) is 14.9. The molecule has 2 rings (SSSR count). The normalized spacial score (nSPS) is 24.1. The molecule has 1 aromatic rings. The number of aryl methyl sites for hydroxylation is 1. The van der Waals surface area contributed by atoms with Crippen molar-refractivity contribution < 1.29 is 4.74 Å². The monoisotopic (exact) mass is 276 g/mol. The van der Waals surface area contributed by atoms with Gasteiger partial charge in [-0.25, -0.2) is 0 Å². The molecule has 0 spiro atoms. The van der Waals surface area contributed by atoms with Crippen LogP contribution < -0.4 is 10.5 Å². The molecular weight excluding hydrogens is 248 g/mol. The molecule has 20 heavy (non-hydrogen) atoms. The highest BCUT2D eigenvalue weighted by molar-refractivity contribution is 5.57. The van der Waals surface area contributed by atoms with E-state index in [1.165, 1.54) is 24.0 Å². The molecule has 0 amide bonds. The van der Waals surface area contributed by atoms with Gasteiger partial charge < -0.3 is 15.4 Å². The smallest absolute Gasteiger partial charge is 0.142 e. The van der Waals surface area contributed by atoms with E-state index in [0.717, 1.165) is 18.0 Å². The van der Waals surface area contributed by atoms with Crippen molar-refractivity contribution in [1.29, 1.82) is 0 Å². The number of rotatable bonds is 3. The van der Waals surface area contributed by atoms with Gasteiger partial charge in [0, 0.05) is 6.04 Å². The second-order valence-electron chi connectivity index (χ2n) is 6.46. The molecule has 3 heteroatoms. The number of hydrogen-bond donors (Lipinski definition) is 1. The lowest BCUT2D eigenvalue weighted by atomic mass is 9.83. The molecule has 112 valence electrons. The summed E-state index contributed by atoms with van der Waals surface area (Å²) in [4.78, 5) is 2.44. The molecule has 1 aliphatic rings. The summed E-state index contributed by atoms with van der Waals surface area (Å²) in [5.74, 6) is 1.46. The first kappa shape index (κ1) is 15.2. The SMILES string of the molecule is Cc1cc(N)c(OC(C)C)cc1C1CCN(C)C(C)C1. The Balaban J connectivity index is 2.27. The first-order chi connectivity index (χ1) is 9.38. The predicted molar refractivity (Wildman–Crippen MR) is 85.4 cm³/mol. The van der Waals surface area contributed by atoms with Crippen LogP contribution in [0.5, 0.6) is 5.75 Å². The lowest BCUT2D eigenvalue weighted by molar-refractivity contribution is 0.182. The number of ether oxygens (including phenoxy) is 1. The van der Waals surface area contributed by atoms with Crippen LogP contribution in [0.15, 0.2) is 12.1 Å². The summed E-state index contributed by atoms with van der Waals surface area (Å²) in [6.45, 7) is 9.71. The van der Waals surface area contributed by atoms with Crippen LogP contribution in [-0.4, -0.2) is 30.6 Å². The average molecular weight is 276 g/mol. The Kier molecular flexibility index (Phi) is 4.59. The van der Waals surface area contributed by atoms with Crippen molar-refractivity contribution in [2.45, 2.75) is 58.6 Å². The third kappa shape index (κ3) is 3.26. The molecule has 3 nitrogen and oxygen atoms in total. The van der Waals surface area contributed by atoms with E-state index in [1.807, 2.05) is 13.8 Å². The molecule has 1 saturated heterocycles. The van der Waals surface area contributed by atoms with Crippen LogP contribution in [0.1, 0.15) is 50.7 Å². The van der Waals surface area contributed by atoms with Crippen LogP contribution >= 0.6 is 0 Å². The van der Waals surface area contributed by atoms with Crippen molar-refractivity contribution in [2.24, 2.45) is 0 Å². The second kappa shape index (κ2) is 6.04. The number of likely N-dealkylation sites (tertiary alicyclic amines) is 1. The van der Waals surface area contributed by atoms with Crippen LogP contribution in [0.4, 0.5) is 5.69 Å². The second-order valence-corrected chi connectivity index (χ2v) is 6.46. The van der Waals surface area contributed by atoms with Crippen LogP contribution in [0.3, 0.4) is 0 Å². The van der Waals surface area contributed by atoms with Gasteiger partial charge in [-0.15, -0.1) is 0 Å². The van der Waals surface area contributed by atoms with Gasteiger partial charge in [0.25, 0.3) is 0 Å². The van der Waals surface area contributed by atoms with E-state index in [0.29, 0.717) is 12.0 Å². The molecule has 0 bridgehead atoms. The first-order valence-corrected chi connectivity index (χ1v) is 7.65. The highest BCUT2D eigenvalue weighted by Gasteiger charge is 2.25. The Morgan fingerprint density at radius 1 is 1.35 bits per heavy atom. The van der Waals surface area contributed by atoms with E-state index in [9.17, 15) is 0 Å². The number of nitrogen functional groups attached to an aromatic ring is 1. The maximum absolute atomic E-state index is 6.08. The van der Waals surface area contributed by atoms with Crippen molar-refractivity contribution in [3.8, 4) is 5.75 Å². The summed E-state index contributed by atoms with van der Waals surface area (Å²) in [6.07, 6.45) is 2.58. The van der Waals surface area contributed by atoms with Crippen LogP contribution in [0, 0.1) is 6.92 Å². The summed E-state index contributed by atoms with van der Waals surface area (Å²) in [5, 5.41) is 0. The van der Waals surface area contributed by atoms with Gasteiger partial charge >= 0.3 is 0 Å². The summed E-state index contributed by atoms with van der Waals surface area (Å²) in [5.41, 5.74) is 9.54. The molecule has 0 aromatic heterocycles. The minimum atomic E-state index is 0.157. The maximum Gasteiger partial charge on any atom is 0.142 e. The first-order valence-electron chi connectivity index (χ1n) is 7.65. The van der Waals surface area contributed by atoms with E-state index in [4.69, 9.17) is 10.5 Å². The average Bonchev–Trinajstić information content (AvgIpc) is 2.36. The summed E-state index contributed by atoms with van der Waals surface area (Å²) < 4.78 is 5.84. The van der Waals surface area contributed by atoms with Crippen molar-refractivity contribution >= 4 is 5.69 Å². The van der Waals surface area contributed by atoms with Gasteiger partial charge in [-0.2, -0.15) is 0 Å². The minimum Gasteiger partial charge on any atom is -0.489 e. The van der Waals surface area contributed by atoms with E-state index in [-0.39, 0.29) is 6.10 Å². The lowest BCUT2D eigenvalue weighted by Crippen LogP contribution is -2.37. The fourth-order valence-electron chi connectivity index (χ4n) is 3.09. The highest BCUT2D eigenvalue weighted by Crippen LogP contribution is 2.37. The summed E-state index contributed by atoms with van der Waals surface area (Å²) >= 11 is 0. The fourth-order valence-corrected chi connectivity index (χ4v) is 3.09. The number of nitrogens with zero attached hydrogens (tertiary/aromatic N) is 1. The zero-order valence-corrected chi connectivity index (χ0v) is 13.4. The number of piperidine rings is 1. The Morgan fingerprint density at radius 3 is 2.65 bits per heavy atom. The molecule has 0 radical (unpaired) electrons. The lowest BCUT2D eigenvalue weighted by Gasteiger charge is -2.36. The summed E-state index contributed by atoms with van der Waals surface area (Å²) in [7, 11) is 2.21. The van der Waals surface area contributed by atoms with Gasteiger partial charge in [0.05, 0.1) is 11.8 Å². The Labute approximate surface area is 123 Å². The van der Waals surface area contributed by atoms with E-state index in [2.05, 4.69) is 37.9 Å². The van der Waals surface area contributed by atoms with Gasteiger partial charge in [0.2, 0.25) is 0 Å². The maximum atomic E-state index is 6.08. The summed E-state index contributed by atoms with van der Waals surface area (Å²) in [6, 6.07) is 4.88.